The summed E-state index contributed by atoms with van der Waals surface area (Å²) in [6.07, 6.45) is 2.68. The normalized spacial score (nSPS) is 14.6. The van der Waals surface area contributed by atoms with Crippen molar-refractivity contribution in [1.82, 2.24) is 9.29 Å². The van der Waals surface area contributed by atoms with E-state index in [1.54, 1.807) is 6.07 Å². The fourth-order valence-corrected chi connectivity index (χ4v) is 5.02. The van der Waals surface area contributed by atoms with Crippen molar-refractivity contribution in [3.8, 4) is 5.75 Å². The largest absolute Gasteiger partial charge is 0.495 e. The van der Waals surface area contributed by atoms with E-state index in [1.165, 1.54) is 41.8 Å². The van der Waals surface area contributed by atoms with Gasteiger partial charge in [0.15, 0.2) is 6.61 Å². The number of nitrogens with zero attached hydrogens (tertiary/aromatic N) is 2. The number of para-hydroxylation sites is 1. The number of pyridine rings is 1. The van der Waals surface area contributed by atoms with Crippen LogP contribution in [0.1, 0.15) is 5.69 Å². The van der Waals surface area contributed by atoms with Crippen LogP contribution in [0.5, 0.6) is 5.75 Å². The molecular weight excluding hydrogens is 486 g/mol. The van der Waals surface area contributed by atoms with Crippen molar-refractivity contribution in [2.75, 3.05) is 45.3 Å². The number of ether oxygens (including phenoxy) is 3. The Kier molecular flexibility index (Phi) is 7.93. The van der Waals surface area contributed by atoms with Crippen LogP contribution in [0.25, 0.3) is 17.0 Å². The quantitative estimate of drug-likeness (QED) is 0.361. The van der Waals surface area contributed by atoms with Crippen LogP contribution in [0.15, 0.2) is 65.6 Å². The number of nitrogens with one attached hydrogen (secondary N) is 1. The fraction of sp³-hybridized carbons (Fsp3) is 0.240. The number of carbonyl (C=O) groups excluding carboxylic acids is 2. The molecule has 3 aromatic rings. The van der Waals surface area contributed by atoms with Crippen molar-refractivity contribution in [3.63, 3.8) is 0 Å². The van der Waals surface area contributed by atoms with E-state index in [9.17, 15) is 18.0 Å². The van der Waals surface area contributed by atoms with Gasteiger partial charge >= 0.3 is 5.97 Å². The summed E-state index contributed by atoms with van der Waals surface area (Å²) in [7, 11) is -2.38. The molecule has 0 radical (unpaired) electrons. The zero-order chi connectivity index (χ0) is 25.5. The number of carbonyl (C=O) groups is 2. The number of hydrogen-bond donors (Lipinski definition) is 1. The van der Waals surface area contributed by atoms with Gasteiger partial charge in [0.25, 0.3) is 5.91 Å². The third kappa shape index (κ3) is 6.06. The summed E-state index contributed by atoms with van der Waals surface area (Å²) in [5.41, 5.74) is 1.50. The number of fused-ring (bicyclic) bond motifs is 1. The Morgan fingerprint density at radius 2 is 1.89 bits per heavy atom. The number of anilines is 1. The highest BCUT2D eigenvalue weighted by Crippen LogP contribution is 2.29. The van der Waals surface area contributed by atoms with Crippen LogP contribution < -0.4 is 10.1 Å². The van der Waals surface area contributed by atoms with Crippen molar-refractivity contribution < 1.29 is 32.2 Å². The Bertz CT molecular complexity index is 1400. The first-order valence-corrected chi connectivity index (χ1v) is 12.6. The highest BCUT2D eigenvalue weighted by Gasteiger charge is 2.27. The van der Waals surface area contributed by atoms with Gasteiger partial charge in [-0.3, -0.25) is 4.79 Å². The van der Waals surface area contributed by atoms with E-state index in [-0.39, 0.29) is 29.4 Å². The molecule has 1 amide bonds. The first-order chi connectivity index (χ1) is 17.4. The van der Waals surface area contributed by atoms with E-state index >= 15 is 0 Å². The molecule has 4 rings (SSSR count). The number of morpholine rings is 1. The molecule has 1 fully saturated rings. The van der Waals surface area contributed by atoms with Gasteiger partial charge < -0.3 is 19.5 Å². The summed E-state index contributed by atoms with van der Waals surface area (Å²) < 4.78 is 42.6. The molecule has 1 aliphatic heterocycles. The molecule has 0 saturated carbocycles. The van der Waals surface area contributed by atoms with Crippen LogP contribution in [-0.2, 0) is 29.1 Å². The molecule has 1 saturated heterocycles. The molecule has 1 N–H and O–H groups in total. The molecule has 0 atom stereocenters. The van der Waals surface area contributed by atoms with Crippen molar-refractivity contribution in [2.45, 2.75) is 4.90 Å². The Labute approximate surface area is 208 Å². The van der Waals surface area contributed by atoms with Gasteiger partial charge in [0.1, 0.15) is 5.75 Å². The average Bonchev–Trinajstić information content (AvgIpc) is 2.91. The smallest absolute Gasteiger partial charge is 0.331 e. The minimum absolute atomic E-state index is 0.00307. The predicted molar refractivity (Wildman–Crippen MR) is 133 cm³/mol. The number of hydrogen-bond acceptors (Lipinski definition) is 8. The molecule has 11 heteroatoms. The van der Waals surface area contributed by atoms with Crippen molar-refractivity contribution in [1.29, 1.82) is 0 Å². The van der Waals surface area contributed by atoms with Crippen molar-refractivity contribution in [2.24, 2.45) is 0 Å². The molecule has 1 aromatic heterocycles. The van der Waals surface area contributed by atoms with Crippen LogP contribution in [0.2, 0.25) is 0 Å². The lowest BCUT2D eigenvalue weighted by molar-refractivity contribution is -0.142. The second-order valence-electron chi connectivity index (χ2n) is 7.80. The number of benzene rings is 2. The standard InChI is InChI=1S/C25H25N3O7S/c1-33-23-10-9-20(36(31,32)28-12-14-34-15-13-28)16-22(23)27-24(29)17-35-25(30)11-8-19-7-6-18-4-2-3-5-21(18)26-19/h2-11,16H,12-15,17H2,1H3,(H,27,29). The van der Waals surface area contributed by atoms with Crippen LogP contribution in [0, 0.1) is 0 Å². The number of methoxy groups -OCH3 is 1. The highest BCUT2D eigenvalue weighted by atomic mass is 32.2. The predicted octanol–water partition coefficient (Wildman–Crippen LogP) is 2.46. The molecule has 0 spiro atoms. The lowest BCUT2D eigenvalue weighted by atomic mass is 10.2. The van der Waals surface area contributed by atoms with Gasteiger partial charge in [0.05, 0.1) is 42.1 Å². The number of sulfonamides is 1. The van der Waals surface area contributed by atoms with Crippen LogP contribution in [0.4, 0.5) is 5.69 Å². The van der Waals surface area contributed by atoms with E-state index in [4.69, 9.17) is 14.2 Å². The molecule has 188 valence electrons. The first-order valence-electron chi connectivity index (χ1n) is 11.1. The van der Waals surface area contributed by atoms with Gasteiger partial charge in [-0.1, -0.05) is 24.3 Å². The van der Waals surface area contributed by atoms with Gasteiger partial charge in [0.2, 0.25) is 10.0 Å². The van der Waals surface area contributed by atoms with E-state index in [2.05, 4.69) is 10.3 Å². The summed E-state index contributed by atoms with van der Waals surface area (Å²) in [5, 5.41) is 3.52. The number of aromatic nitrogens is 1. The zero-order valence-corrected chi connectivity index (χ0v) is 20.4. The topological polar surface area (TPSA) is 124 Å². The van der Waals surface area contributed by atoms with Crippen LogP contribution >= 0.6 is 0 Å². The van der Waals surface area contributed by atoms with Crippen molar-refractivity contribution >= 4 is 44.6 Å². The Hall–Kier alpha value is -3.80. The zero-order valence-electron chi connectivity index (χ0n) is 19.5. The van der Waals surface area contributed by atoms with Gasteiger partial charge in [0, 0.05) is 24.6 Å². The number of rotatable bonds is 8. The second-order valence-corrected chi connectivity index (χ2v) is 9.73. The summed E-state index contributed by atoms with van der Waals surface area (Å²) in [6.45, 7) is 0.547. The van der Waals surface area contributed by atoms with E-state index in [0.717, 1.165) is 10.9 Å². The molecule has 2 heterocycles. The third-order valence-electron chi connectivity index (χ3n) is 5.41. The van der Waals surface area contributed by atoms with Crippen LogP contribution in [0.3, 0.4) is 0 Å². The summed E-state index contributed by atoms with van der Waals surface area (Å²) in [5.74, 6) is -1.12. The highest BCUT2D eigenvalue weighted by molar-refractivity contribution is 7.89. The minimum atomic E-state index is -3.77. The number of amides is 1. The molecular formula is C25H25N3O7S. The summed E-state index contributed by atoms with van der Waals surface area (Å²) in [6, 6.07) is 15.4. The van der Waals surface area contributed by atoms with Gasteiger partial charge in [-0.15, -0.1) is 0 Å². The molecule has 2 aromatic carbocycles. The Balaban J connectivity index is 1.37. The van der Waals surface area contributed by atoms with Crippen LogP contribution in [-0.4, -0.2) is 69.6 Å². The molecule has 1 aliphatic rings. The first kappa shape index (κ1) is 25.3. The maximum Gasteiger partial charge on any atom is 0.331 e. The Morgan fingerprint density at radius 3 is 2.67 bits per heavy atom. The van der Waals surface area contributed by atoms with Crippen molar-refractivity contribution in [3.05, 3.63) is 66.4 Å². The summed E-state index contributed by atoms with van der Waals surface area (Å²) in [4.78, 5) is 28.9. The fourth-order valence-electron chi connectivity index (χ4n) is 3.58. The average molecular weight is 512 g/mol. The second kappa shape index (κ2) is 11.3. The molecule has 36 heavy (non-hydrogen) atoms. The molecule has 0 bridgehead atoms. The monoisotopic (exact) mass is 511 g/mol. The van der Waals surface area contributed by atoms with Gasteiger partial charge in [-0.25, -0.2) is 18.2 Å². The minimum Gasteiger partial charge on any atom is -0.495 e. The lowest BCUT2D eigenvalue weighted by Crippen LogP contribution is -2.40. The summed E-state index contributed by atoms with van der Waals surface area (Å²) >= 11 is 0. The van der Waals surface area contributed by atoms with E-state index in [0.29, 0.717) is 18.9 Å². The van der Waals surface area contributed by atoms with E-state index < -0.39 is 28.5 Å². The van der Waals surface area contributed by atoms with Gasteiger partial charge in [-0.05, 0) is 36.4 Å². The maximum absolute atomic E-state index is 12.9. The van der Waals surface area contributed by atoms with Gasteiger partial charge in [-0.2, -0.15) is 4.31 Å². The maximum atomic E-state index is 12.9. The van der Waals surface area contributed by atoms with E-state index in [1.807, 2.05) is 30.3 Å². The Morgan fingerprint density at radius 1 is 1.11 bits per heavy atom. The molecule has 0 unspecified atom stereocenters. The number of esters is 1. The third-order valence-corrected chi connectivity index (χ3v) is 7.30. The molecule has 10 nitrogen and oxygen atoms in total. The lowest BCUT2D eigenvalue weighted by Gasteiger charge is -2.26. The SMILES string of the molecule is COc1ccc(S(=O)(=O)N2CCOCC2)cc1NC(=O)COC(=O)C=Cc1ccc2ccccc2n1. The molecule has 0 aliphatic carbocycles.